The molecule has 0 atom stereocenters. The minimum atomic E-state index is 0.345. The fourth-order valence-corrected chi connectivity index (χ4v) is 1.03. The average molecular weight is 191 g/mol. The third kappa shape index (κ3) is 7.64. The van der Waals surface area contributed by atoms with Crippen molar-refractivity contribution in [2.75, 3.05) is 13.6 Å². The Kier molecular flexibility index (Phi) is 5.99. The number of hydrogen-bond acceptors (Lipinski definition) is 1. The Bertz CT molecular complexity index is 245. The van der Waals surface area contributed by atoms with Crippen LogP contribution < -0.4 is 5.32 Å². The van der Waals surface area contributed by atoms with Crippen molar-refractivity contribution in [3.05, 3.63) is 23.8 Å². The van der Waals surface area contributed by atoms with Crippen LogP contribution in [0.1, 0.15) is 27.2 Å². The minimum Gasteiger partial charge on any atom is -0.316 e. The number of terminal acetylenes is 1. The van der Waals surface area contributed by atoms with Crippen LogP contribution in [-0.4, -0.2) is 13.6 Å². The number of rotatable bonds is 4. The Morgan fingerprint density at radius 1 is 1.43 bits per heavy atom. The summed E-state index contributed by atoms with van der Waals surface area (Å²) in [4.78, 5) is 0. The van der Waals surface area contributed by atoms with Gasteiger partial charge in [-0.3, -0.25) is 0 Å². The first-order valence-corrected chi connectivity index (χ1v) is 4.96. The highest BCUT2D eigenvalue weighted by Crippen LogP contribution is 2.19. The van der Waals surface area contributed by atoms with Crippen LogP contribution in [0.4, 0.5) is 0 Å². The standard InChI is InChI=1S/C13H21N/c1-6-8-12(11-14-5)9-7-10-13(2,3)4/h1,7-9,14H,10-11H2,2-5H3/b9-7-,12-8+. The monoisotopic (exact) mass is 191 g/mol. The summed E-state index contributed by atoms with van der Waals surface area (Å²) in [6, 6.07) is 0. The Labute approximate surface area is 88.3 Å². The van der Waals surface area contributed by atoms with Gasteiger partial charge in [0.25, 0.3) is 0 Å². The van der Waals surface area contributed by atoms with Gasteiger partial charge in [-0.05, 0) is 30.5 Å². The van der Waals surface area contributed by atoms with E-state index in [4.69, 9.17) is 6.42 Å². The zero-order chi connectivity index (χ0) is 11.0. The average Bonchev–Trinajstić information content (AvgIpc) is 2.02. The van der Waals surface area contributed by atoms with Gasteiger partial charge in [-0.15, -0.1) is 6.42 Å². The zero-order valence-electron chi connectivity index (χ0n) is 9.72. The van der Waals surface area contributed by atoms with Crippen molar-refractivity contribution < 1.29 is 0 Å². The molecule has 0 bridgehead atoms. The van der Waals surface area contributed by atoms with Gasteiger partial charge in [-0.1, -0.05) is 38.8 Å². The van der Waals surface area contributed by atoms with Crippen LogP contribution in [-0.2, 0) is 0 Å². The predicted octanol–water partition coefficient (Wildman–Crippen LogP) is 2.76. The molecule has 0 rings (SSSR count). The molecule has 1 N–H and O–H groups in total. The molecule has 0 aliphatic heterocycles. The van der Waals surface area contributed by atoms with Gasteiger partial charge >= 0.3 is 0 Å². The number of nitrogens with one attached hydrogen (secondary N) is 1. The second kappa shape index (κ2) is 6.45. The fraction of sp³-hybridized carbons (Fsp3) is 0.538. The highest BCUT2D eigenvalue weighted by atomic mass is 14.8. The number of allylic oxidation sites excluding steroid dienone is 2. The lowest BCUT2D eigenvalue weighted by atomic mass is 9.92. The smallest absolute Gasteiger partial charge is 0.0208 e. The summed E-state index contributed by atoms with van der Waals surface area (Å²) in [5, 5.41) is 3.09. The summed E-state index contributed by atoms with van der Waals surface area (Å²) in [6.07, 6.45) is 12.4. The highest BCUT2D eigenvalue weighted by Gasteiger charge is 2.06. The summed E-state index contributed by atoms with van der Waals surface area (Å²) < 4.78 is 0. The highest BCUT2D eigenvalue weighted by molar-refractivity contribution is 5.28. The summed E-state index contributed by atoms with van der Waals surface area (Å²) >= 11 is 0. The van der Waals surface area contributed by atoms with Gasteiger partial charge < -0.3 is 5.32 Å². The van der Waals surface area contributed by atoms with Crippen LogP contribution in [0, 0.1) is 17.8 Å². The molecular formula is C13H21N. The molecule has 14 heavy (non-hydrogen) atoms. The summed E-state index contributed by atoms with van der Waals surface area (Å²) in [7, 11) is 1.92. The maximum atomic E-state index is 5.23. The lowest BCUT2D eigenvalue weighted by molar-refractivity contribution is 0.420. The van der Waals surface area contributed by atoms with E-state index in [-0.39, 0.29) is 0 Å². The fourth-order valence-electron chi connectivity index (χ4n) is 1.03. The lowest BCUT2D eigenvalue weighted by Gasteiger charge is -2.14. The molecule has 0 aliphatic carbocycles. The van der Waals surface area contributed by atoms with Gasteiger partial charge in [0.2, 0.25) is 0 Å². The van der Waals surface area contributed by atoms with E-state index in [0.717, 1.165) is 18.5 Å². The summed E-state index contributed by atoms with van der Waals surface area (Å²) in [6.45, 7) is 7.49. The van der Waals surface area contributed by atoms with Gasteiger partial charge in [0, 0.05) is 6.54 Å². The topological polar surface area (TPSA) is 12.0 Å². The molecule has 0 saturated carbocycles. The van der Waals surface area contributed by atoms with E-state index in [1.54, 1.807) is 6.08 Å². The normalized spacial score (nSPS) is 13.2. The predicted molar refractivity (Wildman–Crippen MR) is 64.1 cm³/mol. The van der Waals surface area contributed by atoms with Crippen molar-refractivity contribution in [3.8, 4) is 12.3 Å². The third-order valence-corrected chi connectivity index (χ3v) is 1.71. The van der Waals surface area contributed by atoms with Crippen molar-refractivity contribution in [2.45, 2.75) is 27.2 Å². The lowest BCUT2D eigenvalue weighted by Crippen LogP contribution is -2.09. The van der Waals surface area contributed by atoms with Crippen LogP contribution in [0.2, 0.25) is 0 Å². The first-order chi connectivity index (χ1) is 6.49. The SMILES string of the molecule is C#C/C=C(\C=C/CC(C)(C)C)CNC. The summed E-state index contributed by atoms with van der Waals surface area (Å²) in [5.41, 5.74) is 1.50. The molecule has 0 aromatic carbocycles. The molecule has 0 aromatic rings. The second-order valence-electron chi connectivity index (χ2n) is 4.58. The minimum absolute atomic E-state index is 0.345. The third-order valence-electron chi connectivity index (χ3n) is 1.71. The van der Waals surface area contributed by atoms with E-state index in [0.29, 0.717) is 5.41 Å². The Hall–Kier alpha value is -1.00. The largest absolute Gasteiger partial charge is 0.316 e. The first-order valence-electron chi connectivity index (χ1n) is 4.96. The van der Waals surface area contributed by atoms with Gasteiger partial charge in [0.05, 0.1) is 0 Å². The first kappa shape index (κ1) is 13.0. The van der Waals surface area contributed by atoms with Crippen LogP contribution in [0.15, 0.2) is 23.8 Å². The molecule has 78 valence electrons. The molecule has 0 radical (unpaired) electrons. The summed E-state index contributed by atoms with van der Waals surface area (Å²) in [5.74, 6) is 2.55. The molecule has 0 aliphatic rings. The number of likely N-dealkylation sites (N-methyl/N-ethyl adjacent to an activating group) is 1. The van der Waals surface area contributed by atoms with E-state index in [1.807, 2.05) is 7.05 Å². The van der Waals surface area contributed by atoms with E-state index in [2.05, 4.69) is 44.2 Å². The van der Waals surface area contributed by atoms with E-state index in [9.17, 15) is 0 Å². The Balaban J connectivity index is 4.19. The molecule has 1 heteroatoms. The van der Waals surface area contributed by atoms with Crippen molar-refractivity contribution in [1.29, 1.82) is 0 Å². The molecule has 0 saturated heterocycles. The molecule has 1 nitrogen and oxygen atoms in total. The van der Waals surface area contributed by atoms with E-state index >= 15 is 0 Å². The molecule has 0 spiro atoms. The van der Waals surface area contributed by atoms with Crippen molar-refractivity contribution >= 4 is 0 Å². The molecule has 0 aromatic heterocycles. The van der Waals surface area contributed by atoms with Gasteiger partial charge in [-0.2, -0.15) is 0 Å². The van der Waals surface area contributed by atoms with E-state index in [1.165, 1.54) is 0 Å². The molecule has 0 amide bonds. The van der Waals surface area contributed by atoms with Crippen LogP contribution in [0.5, 0.6) is 0 Å². The zero-order valence-corrected chi connectivity index (χ0v) is 9.72. The Morgan fingerprint density at radius 3 is 2.50 bits per heavy atom. The van der Waals surface area contributed by atoms with Gasteiger partial charge in [0.1, 0.15) is 0 Å². The maximum absolute atomic E-state index is 5.23. The quantitative estimate of drug-likeness (QED) is 0.532. The second-order valence-corrected chi connectivity index (χ2v) is 4.58. The molecule has 0 heterocycles. The van der Waals surface area contributed by atoms with Gasteiger partial charge in [-0.25, -0.2) is 0 Å². The maximum Gasteiger partial charge on any atom is 0.0208 e. The molecule has 0 unspecified atom stereocenters. The van der Waals surface area contributed by atoms with Crippen LogP contribution >= 0.6 is 0 Å². The molecular weight excluding hydrogens is 170 g/mol. The van der Waals surface area contributed by atoms with Crippen molar-refractivity contribution in [1.82, 2.24) is 5.32 Å². The van der Waals surface area contributed by atoms with Crippen molar-refractivity contribution in [2.24, 2.45) is 5.41 Å². The van der Waals surface area contributed by atoms with E-state index < -0.39 is 0 Å². The Morgan fingerprint density at radius 2 is 2.07 bits per heavy atom. The van der Waals surface area contributed by atoms with Crippen LogP contribution in [0.25, 0.3) is 0 Å². The van der Waals surface area contributed by atoms with Crippen molar-refractivity contribution in [3.63, 3.8) is 0 Å². The molecule has 0 fully saturated rings. The van der Waals surface area contributed by atoms with Gasteiger partial charge in [0.15, 0.2) is 0 Å². The number of hydrogen-bond donors (Lipinski definition) is 1. The van der Waals surface area contributed by atoms with Crippen LogP contribution in [0.3, 0.4) is 0 Å².